The minimum atomic E-state index is -0.208. The first-order valence-electron chi connectivity index (χ1n) is 8.15. The molecule has 2 aromatic rings. The molecule has 1 aliphatic carbocycles. The number of aromatic nitrogens is 2. The summed E-state index contributed by atoms with van der Waals surface area (Å²) in [6.45, 7) is 4.18. The summed E-state index contributed by atoms with van der Waals surface area (Å²) in [4.78, 5) is 12.1. The quantitative estimate of drug-likeness (QED) is 0.622. The fourth-order valence-corrected chi connectivity index (χ4v) is 4.68. The second-order valence-electron chi connectivity index (χ2n) is 5.98. The zero-order chi connectivity index (χ0) is 16.9. The number of hydrogen-bond donors (Lipinski definition) is 1. The Morgan fingerprint density at radius 1 is 1.33 bits per heavy atom. The Kier molecular flexibility index (Phi) is 5.73. The topological polar surface area (TPSA) is 64.1 Å². The van der Waals surface area contributed by atoms with Gasteiger partial charge in [0.05, 0.1) is 0 Å². The first kappa shape index (κ1) is 17.2. The van der Waals surface area contributed by atoms with Crippen molar-refractivity contribution in [3.63, 3.8) is 0 Å². The van der Waals surface area contributed by atoms with Gasteiger partial charge in [-0.25, -0.2) is 0 Å². The summed E-state index contributed by atoms with van der Waals surface area (Å²) in [5.41, 5.74) is 2.60. The van der Waals surface area contributed by atoms with Gasteiger partial charge in [0.1, 0.15) is 5.75 Å². The molecule has 0 spiro atoms. The minimum Gasteiger partial charge on any atom is -0.483 e. The van der Waals surface area contributed by atoms with Crippen molar-refractivity contribution in [1.29, 1.82) is 0 Å². The molecule has 1 aromatic heterocycles. The van der Waals surface area contributed by atoms with Gasteiger partial charge in [0, 0.05) is 5.25 Å². The maximum Gasteiger partial charge on any atom is 0.264 e. The molecule has 0 saturated carbocycles. The van der Waals surface area contributed by atoms with E-state index >= 15 is 0 Å². The molecule has 5 nitrogen and oxygen atoms in total. The highest BCUT2D eigenvalue weighted by Gasteiger charge is 2.15. The zero-order valence-corrected chi connectivity index (χ0v) is 15.5. The summed E-state index contributed by atoms with van der Waals surface area (Å²) in [7, 11) is 0. The SMILES string of the molecule is CC(C)Sc1nnc(NC(=O)COc2cccc3c2CCCC3)s1. The summed E-state index contributed by atoms with van der Waals surface area (Å²) in [5.74, 6) is 0.622. The van der Waals surface area contributed by atoms with Gasteiger partial charge < -0.3 is 4.74 Å². The van der Waals surface area contributed by atoms with Crippen molar-refractivity contribution in [3.05, 3.63) is 29.3 Å². The van der Waals surface area contributed by atoms with Crippen molar-refractivity contribution < 1.29 is 9.53 Å². The molecule has 0 aliphatic heterocycles. The van der Waals surface area contributed by atoms with E-state index in [4.69, 9.17) is 4.74 Å². The molecular formula is C17H21N3O2S2. The molecule has 1 heterocycles. The van der Waals surface area contributed by atoms with Crippen LogP contribution >= 0.6 is 23.1 Å². The third-order valence-corrected chi connectivity index (χ3v) is 5.63. The van der Waals surface area contributed by atoms with Gasteiger partial charge in [0.2, 0.25) is 5.13 Å². The minimum absolute atomic E-state index is 0.0112. The lowest BCUT2D eigenvalue weighted by atomic mass is 9.91. The average Bonchev–Trinajstić information content (AvgIpc) is 2.99. The highest BCUT2D eigenvalue weighted by Crippen LogP contribution is 2.30. The normalized spacial score (nSPS) is 13.6. The Hall–Kier alpha value is -1.60. The summed E-state index contributed by atoms with van der Waals surface area (Å²) in [6.07, 6.45) is 4.53. The molecule has 7 heteroatoms. The van der Waals surface area contributed by atoms with Gasteiger partial charge in [-0.15, -0.1) is 10.2 Å². The number of carbonyl (C=O) groups excluding carboxylic acids is 1. The number of thioether (sulfide) groups is 1. The fourth-order valence-electron chi connectivity index (χ4n) is 2.69. The average molecular weight is 364 g/mol. The molecule has 1 aromatic carbocycles. The molecular weight excluding hydrogens is 342 g/mol. The Balaban J connectivity index is 1.55. The predicted octanol–water partition coefficient (Wildman–Crippen LogP) is 3.93. The second-order valence-corrected chi connectivity index (χ2v) is 8.78. The number of amides is 1. The second kappa shape index (κ2) is 7.98. The molecule has 1 amide bonds. The number of hydrogen-bond acceptors (Lipinski definition) is 6. The van der Waals surface area contributed by atoms with E-state index in [1.807, 2.05) is 12.1 Å². The van der Waals surface area contributed by atoms with Crippen LogP contribution in [0.1, 0.15) is 37.8 Å². The number of fused-ring (bicyclic) bond motifs is 1. The van der Waals surface area contributed by atoms with Crippen LogP contribution in [0.3, 0.4) is 0 Å². The number of carbonyl (C=O) groups is 1. The van der Waals surface area contributed by atoms with Crippen molar-refractivity contribution in [2.24, 2.45) is 0 Å². The van der Waals surface area contributed by atoms with Crippen LogP contribution in [0.4, 0.5) is 5.13 Å². The predicted molar refractivity (Wildman–Crippen MR) is 98.1 cm³/mol. The molecule has 0 atom stereocenters. The number of rotatable bonds is 6. The monoisotopic (exact) mass is 363 g/mol. The highest BCUT2D eigenvalue weighted by atomic mass is 32.2. The third-order valence-electron chi connectivity index (χ3n) is 3.70. The van der Waals surface area contributed by atoms with Crippen molar-refractivity contribution in [2.45, 2.75) is 49.1 Å². The number of aryl methyl sites for hydroxylation is 1. The molecule has 3 rings (SSSR count). The van der Waals surface area contributed by atoms with Gasteiger partial charge in [-0.05, 0) is 42.9 Å². The van der Waals surface area contributed by atoms with E-state index < -0.39 is 0 Å². The first-order valence-corrected chi connectivity index (χ1v) is 9.85. The molecule has 24 heavy (non-hydrogen) atoms. The van der Waals surface area contributed by atoms with Crippen LogP contribution in [0.5, 0.6) is 5.75 Å². The standard InChI is InChI=1S/C17H21N3O2S2/c1-11(2)23-17-20-19-16(24-17)18-15(21)10-22-14-9-5-7-12-6-3-4-8-13(12)14/h5,7,9,11H,3-4,6,8,10H2,1-2H3,(H,18,19,21). The molecule has 128 valence electrons. The number of ether oxygens (including phenoxy) is 1. The lowest BCUT2D eigenvalue weighted by Crippen LogP contribution is -2.20. The highest BCUT2D eigenvalue weighted by molar-refractivity contribution is 8.01. The van der Waals surface area contributed by atoms with Gasteiger partial charge in [-0.2, -0.15) is 0 Å². The van der Waals surface area contributed by atoms with Crippen molar-refractivity contribution in [2.75, 3.05) is 11.9 Å². The third kappa shape index (κ3) is 4.48. The van der Waals surface area contributed by atoms with Crippen molar-refractivity contribution >= 4 is 34.1 Å². The molecule has 0 fully saturated rings. The van der Waals surface area contributed by atoms with Crippen LogP contribution in [-0.2, 0) is 17.6 Å². The number of benzene rings is 1. The summed E-state index contributed by atoms with van der Waals surface area (Å²) < 4.78 is 6.61. The van der Waals surface area contributed by atoms with E-state index in [1.165, 1.54) is 35.3 Å². The van der Waals surface area contributed by atoms with Crippen molar-refractivity contribution in [1.82, 2.24) is 10.2 Å². The van der Waals surface area contributed by atoms with E-state index in [9.17, 15) is 4.79 Å². The summed E-state index contributed by atoms with van der Waals surface area (Å²) >= 11 is 3.02. The maximum atomic E-state index is 12.1. The molecule has 0 unspecified atom stereocenters. The number of nitrogens with zero attached hydrogens (tertiary/aromatic N) is 2. The molecule has 1 aliphatic rings. The summed E-state index contributed by atoms with van der Waals surface area (Å²) in [6, 6.07) is 6.09. The van der Waals surface area contributed by atoms with Crippen LogP contribution in [0, 0.1) is 0 Å². The first-order chi connectivity index (χ1) is 11.6. The molecule has 1 N–H and O–H groups in total. The summed E-state index contributed by atoms with van der Waals surface area (Å²) in [5, 5.41) is 11.8. The van der Waals surface area contributed by atoms with E-state index in [2.05, 4.69) is 35.4 Å². The molecule has 0 bridgehead atoms. The van der Waals surface area contributed by atoms with Crippen LogP contribution in [0.2, 0.25) is 0 Å². The van der Waals surface area contributed by atoms with Crippen LogP contribution in [-0.4, -0.2) is 28.0 Å². The lowest BCUT2D eigenvalue weighted by Gasteiger charge is -2.19. The lowest BCUT2D eigenvalue weighted by molar-refractivity contribution is -0.118. The Morgan fingerprint density at radius 3 is 3.00 bits per heavy atom. The Morgan fingerprint density at radius 2 is 2.17 bits per heavy atom. The van der Waals surface area contributed by atoms with Crippen LogP contribution < -0.4 is 10.1 Å². The van der Waals surface area contributed by atoms with Gasteiger partial charge in [0.25, 0.3) is 5.91 Å². The molecule has 0 radical (unpaired) electrons. The van der Waals surface area contributed by atoms with E-state index in [0.29, 0.717) is 10.4 Å². The fraction of sp³-hybridized carbons (Fsp3) is 0.471. The van der Waals surface area contributed by atoms with E-state index in [1.54, 1.807) is 11.8 Å². The zero-order valence-electron chi connectivity index (χ0n) is 13.9. The van der Waals surface area contributed by atoms with Gasteiger partial charge >= 0.3 is 0 Å². The van der Waals surface area contributed by atoms with Crippen LogP contribution in [0.15, 0.2) is 22.5 Å². The smallest absolute Gasteiger partial charge is 0.264 e. The largest absolute Gasteiger partial charge is 0.483 e. The number of anilines is 1. The van der Waals surface area contributed by atoms with Gasteiger partial charge in [-0.3, -0.25) is 10.1 Å². The van der Waals surface area contributed by atoms with Crippen LogP contribution in [0.25, 0.3) is 0 Å². The van der Waals surface area contributed by atoms with Gasteiger partial charge in [0.15, 0.2) is 10.9 Å². The van der Waals surface area contributed by atoms with E-state index in [-0.39, 0.29) is 12.5 Å². The van der Waals surface area contributed by atoms with Gasteiger partial charge in [-0.1, -0.05) is 49.1 Å². The Bertz CT molecular complexity index is 716. The number of nitrogens with one attached hydrogen (secondary N) is 1. The Labute approximate surface area is 150 Å². The molecule has 0 saturated heterocycles. The maximum absolute atomic E-state index is 12.1. The van der Waals surface area contributed by atoms with E-state index in [0.717, 1.165) is 22.9 Å². The van der Waals surface area contributed by atoms with Crippen molar-refractivity contribution in [3.8, 4) is 5.75 Å².